The largest absolute Gasteiger partial charge is 0.383 e. The van der Waals surface area contributed by atoms with Crippen LogP contribution in [0.1, 0.15) is 50.4 Å². The number of rotatable bonds is 7. The molecule has 6 heteroatoms. The number of benzene rings is 2. The second-order valence-electron chi connectivity index (χ2n) is 11.0. The number of fused-ring (bicyclic) bond motifs is 3. The van der Waals surface area contributed by atoms with Gasteiger partial charge in [-0.25, -0.2) is 0 Å². The minimum atomic E-state index is -0.266. The first-order valence-corrected chi connectivity index (χ1v) is 13.2. The van der Waals surface area contributed by atoms with E-state index in [-0.39, 0.29) is 33.8 Å². The third-order valence-electron chi connectivity index (χ3n) is 8.36. The Morgan fingerprint density at radius 3 is 2.60 bits per heavy atom. The van der Waals surface area contributed by atoms with Gasteiger partial charge in [-0.3, -0.25) is 9.59 Å². The molecular weight excluding hydrogens is 456 g/mol. The topological polar surface area (TPSA) is 60.3 Å². The van der Waals surface area contributed by atoms with Gasteiger partial charge < -0.3 is 14.6 Å². The number of ether oxygens (including phenoxy) is 1. The van der Waals surface area contributed by atoms with Gasteiger partial charge in [-0.15, -0.1) is 0 Å². The number of methoxy groups -OCH3 is 1. The molecule has 2 aromatic carbocycles. The van der Waals surface area contributed by atoms with E-state index >= 15 is 0 Å². The Morgan fingerprint density at radius 2 is 1.91 bits per heavy atom. The van der Waals surface area contributed by atoms with E-state index < -0.39 is 0 Å². The molecule has 0 radical (unpaired) electrons. The van der Waals surface area contributed by atoms with Crippen LogP contribution in [-0.4, -0.2) is 30.2 Å². The van der Waals surface area contributed by atoms with Crippen molar-refractivity contribution in [3.05, 3.63) is 70.5 Å². The zero-order valence-corrected chi connectivity index (χ0v) is 21.8. The van der Waals surface area contributed by atoms with E-state index in [9.17, 15) is 9.59 Å². The molecule has 0 unspecified atom stereocenters. The first kappa shape index (κ1) is 24.1. The Balaban J connectivity index is 1.51. The van der Waals surface area contributed by atoms with Crippen LogP contribution >= 0.6 is 11.8 Å². The molecule has 1 aromatic heterocycles. The Labute approximate surface area is 211 Å². The van der Waals surface area contributed by atoms with Crippen molar-refractivity contribution < 1.29 is 9.53 Å². The summed E-state index contributed by atoms with van der Waals surface area (Å²) < 4.78 is 7.31. The number of nitrogens with one attached hydrogen (secondary N) is 1. The molecule has 1 heterocycles. The summed E-state index contributed by atoms with van der Waals surface area (Å²) in [6.45, 7) is 7.86. The molecule has 1 amide bonds. The van der Waals surface area contributed by atoms with Crippen molar-refractivity contribution >= 4 is 28.6 Å². The highest BCUT2D eigenvalue weighted by molar-refractivity contribution is 7.99. The molecule has 35 heavy (non-hydrogen) atoms. The van der Waals surface area contributed by atoms with Crippen molar-refractivity contribution in [3.63, 3.8) is 0 Å². The van der Waals surface area contributed by atoms with Gasteiger partial charge in [0.05, 0.1) is 12.1 Å². The SMILES string of the molecule is COCCn1cc(C(=O)N[C@@H]2C(C)(C)[C@H]3CC[C@]2(C)C3)c(=O)c2ccc(Sc3ccccc3)cc21. The summed E-state index contributed by atoms with van der Waals surface area (Å²) >= 11 is 1.65. The predicted molar refractivity (Wildman–Crippen MR) is 141 cm³/mol. The molecule has 1 N–H and O–H groups in total. The van der Waals surface area contributed by atoms with E-state index in [4.69, 9.17) is 4.74 Å². The van der Waals surface area contributed by atoms with Gasteiger partial charge in [0.2, 0.25) is 5.43 Å². The lowest BCUT2D eigenvalue weighted by Crippen LogP contribution is -2.53. The number of hydrogen-bond donors (Lipinski definition) is 1. The van der Waals surface area contributed by atoms with Crippen LogP contribution in [0.5, 0.6) is 0 Å². The van der Waals surface area contributed by atoms with Crippen molar-refractivity contribution in [2.24, 2.45) is 16.7 Å². The van der Waals surface area contributed by atoms with Crippen molar-refractivity contribution in [2.75, 3.05) is 13.7 Å². The fourth-order valence-electron chi connectivity index (χ4n) is 6.47. The standard InChI is InChI=1S/C29H34N2O3S/c1-28(2)19-12-13-29(3,17-19)27(28)30-26(33)23-18-31(14-15-34-4)24-16-21(10-11-22(24)25(23)32)35-20-8-6-5-7-9-20/h5-11,16,18-19,27H,12-15,17H2,1-4H3,(H,30,33)/t19-,27+,29+/m0/s1. The molecule has 0 aliphatic heterocycles. The summed E-state index contributed by atoms with van der Waals surface area (Å²) in [5.41, 5.74) is 0.932. The average molecular weight is 491 g/mol. The predicted octanol–water partition coefficient (Wildman–Crippen LogP) is 5.74. The summed E-state index contributed by atoms with van der Waals surface area (Å²) in [6.07, 6.45) is 5.21. The Morgan fingerprint density at radius 1 is 1.14 bits per heavy atom. The van der Waals surface area contributed by atoms with E-state index in [2.05, 4.69) is 38.2 Å². The van der Waals surface area contributed by atoms with Crippen molar-refractivity contribution in [3.8, 4) is 0 Å². The Hall–Kier alpha value is -2.57. The van der Waals surface area contributed by atoms with Crippen molar-refractivity contribution in [1.29, 1.82) is 0 Å². The minimum absolute atomic E-state index is 0.0259. The summed E-state index contributed by atoms with van der Waals surface area (Å²) in [5, 5.41) is 3.86. The van der Waals surface area contributed by atoms with Crippen LogP contribution in [0.2, 0.25) is 0 Å². The van der Waals surface area contributed by atoms with Crippen LogP contribution in [0.15, 0.2) is 69.3 Å². The monoisotopic (exact) mass is 490 g/mol. The molecular formula is C29H34N2O3S. The van der Waals surface area contributed by atoms with E-state index in [1.807, 2.05) is 41.0 Å². The number of amides is 1. The normalized spacial score (nSPS) is 24.7. The van der Waals surface area contributed by atoms with E-state index in [1.165, 1.54) is 6.42 Å². The second kappa shape index (κ2) is 9.14. The lowest BCUT2D eigenvalue weighted by atomic mass is 9.68. The maximum atomic E-state index is 13.5. The third-order valence-corrected chi connectivity index (χ3v) is 9.36. The van der Waals surface area contributed by atoms with Crippen LogP contribution in [0, 0.1) is 16.7 Å². The summed E-state index contributed by atoms with van der Waals surface area (Å²) in [4.78, 5) is 29.3. The molecule has 2 aliphatic rings. The van der Waals surface area contributed by atoms with E-state index in [0.717, 1.165) is 28.1 Å². The van der Waals surface area contributed by atoms with Gasteiger partial charge in [-0.1, -0.05) is 50.7 Å². The fraction of sp³-hybridized carbons (Fsp3) is 0.448. The molecule has 3 atom stereocenters. The highest BCUT2D eigenvalue weighted by Gasteiger charge is 2.59. The summed E-state index contributed by atoms with van der Waals surface area (Å²) in [7, 11) is 1.66. The number of nitrogens with zero attached hydrogens (tertiary/aromatic N) is 1. The smallest absolute Gasteiger partial charge is 0.257 e. The first-order valence-electron chi connectivity index (χ1n) is 12.4. The van der Waals surface area contributed by atoms with Crippen LogP contribution < -0.4 is 10.7 Å². The number of hydrogen-bond acceptors (Lipinski definition) is 4. The van der Waals surface area contributed by atoms with Gasteiger partial charge in [0, 0.05) is 41.1 Å². The molecule has 184 valence electrons. The van der Waals surface area contributed by atoms with Crippen LogP contribution in [0.3, 0.4) is 0 Å². The molecule has 0 saturated heterocycles. The van der Waals surface area contributed by atoms with Crippen molar-refractivity contribution in [2.45, 2.75) is 62.4 Å². The molecule has 5 rings (SSSR count). The highest BCUT2D eigenvalue weighted by atomic mass is 32.2. The van der Waals surface area contributed by atoms with Crippen LogP contribution in [-0.2, 0) is 11.3 Å². The molecule has 5 nitrogen and oxygen atoms in total. The first-order chi connectivity index (χ1) is 16.7. The number of aromatic nitrogens is 1. The molecule has 2 fully saturated rings. The molecule has 2 saturated carbocycles. The minimum Gasteiger partial charge on any atom is -0.383 e. The average Bonchev–Trinajstić information content (AvgIpc) is 3.33. The summed E-state index contributed by atoms with van der Waals surface area (Å²) in [6, 6.07) is 16.1. The zero-order chi connectivity index (χ0) is 24.8. The van der Waals surface area contributed by atoms with E-state index in [0.29, 0.717) is 24.5 Å². The van der Waals surface area contributed by atoms with Gasteiger partial charge in [0.15, 0.2) is 0 Å². The third kappa shape index (κ3) is 4.31. The molecule has 2 bridgehead atoms. The van der Waals surface area contributed by atoms with Gasteiger partial charge >= 0.3 is 0 Å². The second-order valence-corrected chi connectivity index (χ2v) is 12.1. The van der Waals surface area contributed by atoms with Crippen LogP contribution in [0.4, 0.5) is 0 Å². The van der Waals surface area contributed by atoms with Gasteiger partial charge in [0.25, 0.3) is 5.91 Å². The van der Waals surface area contributed by atoms with Gasteiger partial charge in [0.1, 0.15) is 5.56 Å². The van der Waals surface area contributed by atoms with Crippen LogP contribution in [0.25, 0.3) is 10.9 Å². The number of carbonyl (C=O) groups excluding carboxylic acids is 1. The van der Waals surface area contributed by atoms with Gasteiger partial charge in [-0.2, -0.15) is 0 Å². The van der Waals surface area contributed by atoms with E-state index in [1.54, 1.807) is 25.1 Å². The maximum Gasteiger partial charge on any atom is 0.257 e. The van der Waals surface area contributed by atoms with Gasteiger partial charge in [-0.05, 0) is 66.3 Å². The molecule has 3 aromatic rings. The highest BCUT2D eigenvalue weighted by Crippen LogP contribution is 2.62. The maximum absolute atomic E-state index is 13.5. The lowest BCUT2D eigenvalue weighted by Gasteiger charge is -2.43. The summed E-state index contributed by atoms with van der Waals surface area (Å²) in [5.74, 6) is 0.353. The lowest BCUT2D eigenvalue weighted by molar-refractivity contribution is 0.0736. The van der Waals surface area contributed by atoms with Crippen molar-refractivity contribution in [1.82, 2.24) is 9.88 Å². The molecule has 0 spiro atoms. The number of pyridine rings is 1. The number of carbonyl (C=O) groups is 1. The Bertz CT molecular complexity index is 1310. The zero-order valence-electron chi connectivity index (χ0n) is 21.0. The quantitative estimate of drug-likeness (QED) is 0.459. The Kier molecular flexibility index (Phi) is 6.30. The fourth-order valence-corrected chi connectivity index (χ4v) is 7.34. The molecule has 2 aliphatic carbocycles.